The minimum atomic E-state index is 0.620. The highest BCUT2D eigenvalue weighted by atomic mass is 16.5. The predicted octanol–water partition coefficient (Wildman–Crippen LogP) is 0.176. The smallest absolute Gasteiger partial charge is 0.137 e. The van der Waals surface area contributed by atoms with Gasteiger partial charge in [0.2, 0.25) is 0 Å². The molecule has 0 aliphatic rings. The molecule has 2 N–H and O–H groups in total. The van der Waals surface area contributed by atoms with Gasteiger partial charge in [-0.15, -0.1) is 0 Å². The average Bonchev–Trinajstić information content (AvgIpc) is 2.19. The molecule has 0 amide bonds. The van der Waals surface area contributed by atoms with Crippen LogP contribution < -0.4 is 5.73 Å². The quantitative estimate of drug-likeness (QED) is 0.593. The molecule has 0 bridgehead atoms. The van der Waals surface area contributed by atoms with E-state index in [-0.39, 0.29) is 0 Å². The van der Waals surface area contributed by atoms with Crippen LogP contribution in [0, 0.1) is 0 Å². The number of aromatic nitrogens is 1. The minimum Gasteiger partial charge on any atom is -0.361 e. The normalized spacial score (nSPS) is 9.62. The van der Waals surface area contributed by atoms with Crippen molar-refractivity contribution in [2.24, 2.45) is 5.73 Å². The summed E-state index contributed by atoms with van der Waals surface area (Å²) < 4.78 is 4.74. The zero-order valence-electron chi connectivity index (χ0n) is 4.50. The third-order valence-electron chi connectivity index (χ3n) is 0.882. The van der Waals surface area contributed by atoms with Gasteiger partial charge in [-0.1, -0.05) is 5.16 Å². The third kappa shape index (κ3) is 1.07. The van der Waals surface area contributed by atoms with Crippen molar-refractivity contribution in [1.29, 1.82) is 0 Å². The lowest BCUT2D eigenvalue weighted by Crippen LogP contribution is -2.01. The zero-order chi connectivity index (χ0) is 5.82. The second-order valence-corrected chi connectivity index (χ2v) is 1.52. The van der Waals surface area contributed by atoms with Crippen molar-refractivity contribution < 1.29 is 4.52 Å². The molecule has 1 rings (SSSR count). The molecule has 1 aromatic heterocycles. The Morgan fingerprint density at radius 1 is 1.75 bits per heavy atom. The fraction of sp³-hybridized carbons (Fsp3) is 0.400. The Morgan fingerprint density at radius 3 is 3.12 bits per heavy atom. The largest absolute Gasteiger partial charge is 0.361 e. The van der Waals surface area contributed by atoms with Gasteiger partial charge in [-0.2, -0.15) is 0 Å². The van der Waals surface area contributed by atoms with E-state index in [2.05, 4.69) is 5.16 Å². The Kier molecular flexibility index (Phi) is 1.64. The third-order valence-corrected chi connectivity index (χ3v) is 0.882. The van der Waals surface area contributed by atoms with Crippen LogP contribution in [0.4, 0.5) is 0 Å². The van der Waals surface area contributed by atoms with E-state index < -0.39 is 0 Å². The molecule has 0 saturated carbocycles. The molecule has 0 unspecified atom stereocenters. The Labute approximate surface area is 47.5 Å². The number of hydrogen-bond acceptors (Lipinski definition) is 3. The summed E-state index contributed by atoms with van der Waals surface area (Å²) >= 11 is 0. The molecule has 0 saturated heterocycles. The van der Waals surface area contributed by atoms with Gasteiger partial charge in [-0.25, -0.2) is 0 Å². The average molecular weight is 112 g/mol. The van der Waals surface area contributed by atoms with Gasteiger partial charge in [0.1, 0.15) is 5.76 Å². The summed E-state index contributed by atoms with van der Waals surface area (Å²) in [6.45, 7) is 0.620. The fourth-order valence-electron chi connectivity index (χ4n) is 0.513. The maximum Gasteiger partial charge on any atom is 0.137 e. The van der Waals surface area contributed by atoms with Gasteiger partial charge >= 0.3 is 0 Å². The van der Waals surface area contributed by atoms with Gasteiger partial charge in [0.15, 0.2) is 0 Å². The summed E-state index contributed by atoms with van der Waals surface area (Å²) in [4.78, 5) is 0. The number of nitrogens with zero attached hydrogens (tertiary/aromatic N) is 1. The van der Waals surface area contributed by atoms with Crippen molar-refractivity contribution in [3.63, 3.8) is 0 Å². The molecule has 1 heterocycles. The van der Waals surface area contributed by atoms with Gasteiger partial charge in [-0.3, -0.25) is 0 Å². The molecule has 0 spiro atoms. The second kappa shape index (κ2) is 2.47. The highest BCUT2D eigenvalue weighted by molar-refractivity contribution is 4.92. The first-order valence-electron chi connectivity index (χ1n) is 2.53. The van der Waals surface area contributed by atoms with Gasteiger partial charge in [0.05, 0.1) is 6.20 Å². The summed E-state index contributed by atoms with van der Waals surface area (Å²) in [6.07, 6.45) is 2.39. The summed E-state index contributed by atoms with van der Waals surface area (Å²) in [6, 6.07) is 1.81. The van der Waals surface area contributed by atoms with Crippen molar-refractivity contribution in [2.75, 3.05) is 6.54 Å². The van der Waals surface area contributed by atoms with Gasteiger partial charge in [0, 0.05) is 12.5 Å². The summed E-state index contributed by atoms with van der Waals surface area (Å²) in [5, 5.41) is 3.51. The highest BCUT2D eigenvalue weighted by Gasteiger charge is 1.90. The Balaban J connectivity index is 2.50. The van der Waals surface area contributed by atoms with Crippen molar-refractivity contribution in [3.05, 3.63) is 18.0 Å². The van der Waals surface area contributed by atoms with E-state index in [0.717, 1.165) is 12.2 Å². The van der Waals surface area contributed by atoms with Gasteiger partial charge in [-0.05, 0) is 6.54 Å². The summed E-state index contributed by atoms with van der Waals surface area (Å²) in [5.74, 6) is 0.854. The van der Waals surface area contributed by atoms with Crippen LogP contribution in [-0.2, 0) is 6.42 Å². The molecule has 1 aromatic rings. The van der Waals surface area contributed by atoms with E-state index in [0.29, 0.717) is 6.54 Å². The lowest BCUT2D eigenvalue weighted by atomic mass is 10.3. The molecule has 0 fully saturated rings. The predicted molar refractivity (Wildman–Crippen MR) is 29.3 cm³/mol. The lowest BCUT2D eigenvalue weighted by Gasteiger charge is -1.84. The number of rotatable bonds is 2. The van der Waals surface area contributed by atoms with Crippen LogP contribution in [0.3, 0.4) is 0 Å². The SMILES string of the molecule is NCCc1ccno1. The first kappa shape index (κ1) is 5.31. The van der Waals surface area contributed by atoms with E-state index in [9.17, 15) is 0 Å². The molecular formula is C5H8N2O. The van der Waals surface area contributed by atoms with E-state index in [1.54, 1.807) is 6.20 Å². The molecule has 3 heteroatoms. The van der Waals surface area contributed by atoms with Crippen molar-refractivity contribution in [1.82, 2.24) is 5.16 Å². The van der Waals surface area contributed by atoms with Crippen LogP contribution in [0.5, 0.6) is 0 Å². The molecular weight excluding hydrogens is 104 g/mol. The zero-order valence-corrected chi connectivity index (χ0v) is 4.50. The topological polar surface area (TPSA) is 52.0 Å². The Morgan fingerprint density at radius 2 is 2.62 bits per heavy atom. The van der Waals surface area contributed by atoms with Crippen LogP contribution in [0.25, 0.3) is 0 Å². The van der Waals surface area contributed by atoms with E-state index in [4.69, 9.17) is 10.3 Å². The second-order valence-electron chi connectivity index (χ2n) is 1.52. The molecule has 44 valence electrons. The van der Waals surface area contributed by atoms with Crippen molar-refractivity contribution in [3.8, 4) is 0 Å². The first-order chi connectivity index (χ1) is 3.93. The lowest BCUT2D eigenvalue weighted by molar-refractivity contribution is 0.384. The number of hydrogen-bond donors (Lipinski definition) is 1. The van der Waals surface area contributed by atoms with Crippen LogP contribution in [0.1, 0.15) is 5.76 Å². The van der Waals surface area contributed by atoms with Gasteiger partial charge < -0.3 is 10.3 Å². The Bertz CT molecular complexity index is 136. The molecule has 3 nitrogen and oxygen atoms in total. The minimum absolute atomic E-state index is 0.620. The van der Waals surface area contributed by atoms with Crippen LogP contribution >= 0.6 is 0 Å². The van der Waals surface area contributed by atoms with Crippen molar-refractivity contribution in [2.45, 2.75) is 6.42 Å². The van der Waals surface area contributed by atoms with Crippen LogP contribution in [0.2, 0.25) is 0 Å². The number of nitrogens with two attached hydrogens (primary N) is 1. The summed E-state index contributed by atoms with van der Waals surface area (Å²) in [5.41, 5.74) is 5.23. The molecule has 0 aliphatic heterocycles. The highest BCUT2D eigenvalue weighted by Crippen LogP contribution is 1.94. The maximum absolute atomic E-state index is 5.23. The van der Waals surface area contributed by atoms with E-state index in [1.165, 1.54) is 0 Å². The summed E-state index contributed by atoms with van der Waals surface area (Å²) in [7, 11) is 0. The van der Waals surface area contributed by atoms with Crippen molar-refractivity contribution >= 4 is 0 Å². The molecule has 8 heavy (non-hydrogen) atoms. The van der Waals surface area contributed by atoms with Crippen LogP contribution in [0.15, 0.2) is 16.8 Å². The molecule has 0 atom stereocenters. The van der Waals surface area contributed by atoms with E-state index in [1.807, 2.05) is 6.07 Å². The molecule has 0 aromatic carbocycles. The molecule has 0 radical (unpaired) electrons. The van der Waals surface area contributed by atoms with Gasteiger partial charge in [0.25, 0.3) is 0 Å². The first-order valence-corrected chi connectivity index (χ1v) is 2.53. The van der Waals surface area contributed by atoms with E-state index >= 15 is 0 Å². The fourth-order valence-corrected chi connectivity index (χ4v) is 0.513. The maximum atomic E-state index is 5.23. The molecule has 0 aliphatic carbocycles. The monoisotopic (exact) mass is 112 g/mol. The van der Waals surface area contributed by atoms with Crippen LogP contribution in [-0.4, -0.2) is 11.7 Å². The standard InChI is InChI=1S/C5H8N2O/c6-3-1-5-2-4-7-8-5/h2,4H,1,3,6H2. The Hall–Kier alpha value is -0.830.